The zero-order chi connectivity index (χ0) is 16.3. The van der Waals surface area contributed by atoms with E-state index in [1.807, 2.05) is 13.8 Å². The van der Waals surface area contributed by atoms with Gasteiger partial charge in [-0.25, -0.2) is 0 Å². The van der Waals surface area contributed by atoms with Crippen molar-refractivity contribution in [3.63, 3.8) is 0 Å². The number of halogens is 1. The summed E-state index contributed by atoms with van der Waals surface area (Å²) in [7, 11) is 0. The molecule has 1 aromatic carbocycles. The van der Waals surface area contributed by atoms with Crippen molar-refractivity contribution >= 4 is 28.9 Å². The van der Waals surface area contributed by atoms with Crippen molar-refractivity contribution in [3.8, 4) is 0 Å². The van der Waals surface area contributed by atoms with Crippen LogP contribution in [0.1, 0.15) is 13.8 Å². The van der Waals surface area contributed by atoms with Gasteiger partial charge in [-0.1, -0.05) is 11.6 Å². The van der Waals surface area contributed by atoms with Gasteiger partial charge in [-0.15, -0.1) is 0 Å². The van der Waals surface area contributed by atoms with E-state index in [0.717, 1.165) is 0 Å². The lowest BCUT2D eigenvalue weighted by molar-refractivity contribution is -0.384. The summed E-state index contributed by atoms with van der Waals surface area (Å²) in [5.74, 6) is -0.0698. The lowest BCUT2D eigenvalue weighted by Gasteiger charge is -2.35. The molecule has 1 aromatic rings. The molecule has 1 heterocycles. The molecule has 1 fully saturated rings. The van der Waals surface area contributed by atoms with E-state index in [1.54, 1.807) is 11.0 Å². The molecule has 22 heavy (non-hydrogen) atoms. The minimum atomic E-state index is -0.555. The second-order valence-corrected chi connectivity index (χ2v) is 5.74. The number of nitrogens with zero attached hydrogens (tertiary/aromatic N) is 2. The van der Waals surface area contributed by atoms with Gasteiger partial charge >= 0.3 is 0 Å². The second kappa shape index (κ2) is 6.93. The molecular weight excluding hydrogens is 310 g/mol. The van der Waals surface area contributed by atoms with Crippen LogP contribution in [0.4, 0.5) is 11.4 Å². The zero-order valence-corrected chi connectivity index (χ0v) is 13.2. The van der Waals surface area contributed by atoms with Gasteiger partial charge in [0.2, 0.25) is 5.91 Å². The van der Waals surface area contributed by atoms with E-state index in [-0.39, 0.29) is 35.4 Å². The van der Waals surface area contributed by atoms with Gasteiger partial charge in [0.15, 0.2) is 0 Å². The van der Waals surface area contributed by atoms with E-state index in [0.29, 0.717) is 18.8 Å². The minimum Gasteiger partial charge on any atom is -0.376 e. The lowest BCUT2D eigenvalue weighted by Crippen LogP contribution is -2.49. The number of amides is 1. The van der Waals surface area contributed by atoms with Gasteiger partial charge in [0.25, 0.3) is 5.69 Å². The average Bonchev–Trinajstić information content (AvgIpc) is 2.44. The SMILES string of the molecule is CC1CN(C(=O)CNc2ccc(Cl)c([N+](=O)[O-])c2)CC(C)O1. The van der Waals surface area contributed by atoms with Crippen LogP contribution in [0.5, 0.6) is 0 Å². The highest BCUT2D eigenvalue weighted by molar-refractivity contribution is 6.32. The second-order valence-electron chi connectivity index (χ2n) is 5.33. The summed E-state index contributed by atoms with van der Waals surface area (Å²) < 4.78 is 5.58. The first-order valence-corrected chi connectivity index (χ1v) is 7.35. The van der Waals surface area contributed by atoms with Crippen molar-refractivity contribution in [2.75, 3.05) is 25.0 Å². The Balaban J connectivity index is 1.96. The molecule has 0 saturated carbocycles. The Morgan fingerprint density at radius 3 is 2.68 bits per heavy atom. The number of carbonyl (C=O) groups is 1. The number of anilines is 1. The molecular formula is C14H18ClN3O4. The number of ether oxygens (including phenoxy) is 1. The number of nitro groups is 1. The van der Waals surface area contributed by atoms with E-state index >= 15 is 0 Å². The number of hydrogen-bond donors (Lipinski definition) is 1. The van der Waals surface area contributed by atoms with Gasteiger partial charge < -0.3 is 15.0 Å². The van der Waals surface area contributed by atoms with Crippen LogP contribution < -0.4 is 5.32 Å². The van der Waals surface area contributed by atoms with E-state index in [2.05, 4.69) is 5.32 Å². The Morgan fingerprint density at radius 1 is 1.45 bits per heavy atom. The summed E-state index contributed by atoms with van der Waals surface area (Å²) in [6, 6.07) is 4.36. The third-order valence-corrected chi connectivity index (χ3v) is 3.68. The van der Waals surface area contributed by atoms with Crippen LogP contribution in [0.3, 0.4) is 0 Å². The molecule has 2 unspecified atom stereocenters. The number of benzene rings is 1. The van der Waals surface area contributed by atoms with Crippen LogP contribution in [0, 0.1) is 10.1 Å². The van der Waals surface area contributed by atoms with E-state index in [4.69, 9.17) is 16.3 Å². The Morgan fingerprint density at radius 2 is 2.09 bits per heavy atom. The summed E-state index contributed by atoms with van der Waals surface area (Å²) in [4.78, 5) is 24.2. The standard InChI is InChI=1S/C14H18ClN3O4/c1-9-7-17(8-10(2)22-9)14(19)6-16-11-3-4-12(15)13(5-11)18(20)21/h3-5,9-10,16H,6-8H2,1-2H3. The molecule has 1 aliphatic heterocycles. The molecule has 1 saturated heterocycles. The van der Waals surface area contributed by atoms with Crippen LogP contribution in [-0.2, 0) is 9.53 Å². The molecule has 120 valence electrons. The first kappa shape index (κ1) is 16.5. The molecule has 0 bridgehead atoms. The van der Waals surface area contributed by atoms with E-state index in [1.165, 1.54) is 12.1 Å². The van der Waals surface area contributed by atoms with Gasteiger partial charge in [-0.2, -0.15) is 0 Å². The first-order chi connectivity index (χ1) is 10.4. The summed E-state index contributed by atoms with van der Waals surface area (Å²) >= 11 is 5.75. The van der Waals surface area contributed by atoms with E-state index in [9.17, 15) is 14.9 Å². The summed E-state index contributed by atoms with van der Waals surface area (Å²) in [5.41, 5.74) is 0.298. The maximum atomic E-state index is 12.2. The molecule has 2 atom stereocenters. The van der Waals surface area contributed by atoms with Gasteiger partial charge in [0.05, 0.1) is 23.7 Å². The summed E-state index contributed by atoms with van der Waals surface area (Å²) in [6.45, 7) is 5.01. The quantitative estimate of drug-likeness (QED) is 0.677. The van der Waals surface area contributed by atoms with Crippen LogP contribution >= 0.6 is 11.6 Å². The Kier molecular flexibility index (Phi) is 5.20. The number of rotatable bonds is 4. The predicted molar refractivity (Wildman–Crippen MR) is 83.2 cm³/mol. The molecule has 8 heteroatoms. The number of nitro benzene ring substituents is 1. The minimum absolute atomic E-state index is 0.00400. The molecule has 1 N–H and O–H groups in total. The predicted octanol–water partition coefficient (Wildman–Crippen LogP) is 2.30. The number of carbonyl (C=O) groups excluding carboxylic acids is 1. The number of morpholine rings is 1. The van der Waals surface area contributed by atoms with Crippen molar-refractivity contribution in [2.24, 2.45) is 0 Å². The Bertz CT molecular complexity index is 571. The van der Waals surface area contributed by atoms with Gasteiger partial charge in [0, 0.05) is 24.8 Å². The highest BCUT2D eigenvalue weighted by Crippen LogP contribution is 2.27. The largest absolute Gasteiger partial charge is 0.376 e. The van der Waals surface area contributed by atoms with Gasteiger partial charge in [0.1, 0.15) is 5.02 Å². The molecule has 0 radical (unpaired) electrons. The zero-order valence-electron chi connectivity index (χ0n) is 12.4. The maximum absolute atomic E-state index is 12.2. The highest BCUT2D eigenvalue weighted by Gasteiger charge is 2.25. The molecule has 1 amide bonds. The smallest absolute Gasteiger partial charge is 0.289 e. The summed E-state index contributed by atoms with van der Waals surface area (Å²) in [6.07, 6.45) is 0.00800. The monoisotopic (exact) mass is 327 g/mol. The van der Waals surface area contributed by atoms with Gasteiger partial charge in [-0.3, -0.25) is 14.9 Å². The van der Waals surface area contributed by atoms with Crippen molar-refractivity contribution < 1.29 is 14.5 Å². The average molecular weight is 328 g/mol. The van der Waals surface area contributed by atoms with Crippen molar-refractivity contribution in [3.05, 3.63) is 33.3 Å². The fraction of sp³-hybridized carbons (Fsp3) is 0.500. The van der Waals surface area contributed by atoms with Crippen molar-refractivity contribution in [1.29, 1.82) is 0 Å². The first-order valence-electron chi connectivity index (χ1n) is 6.98. The highest BCUT2D eigenvalue weighted by atomic mass is 35.5. The third-order valence-electron chi connectivity index (χ3n) is 3.36. The lowest BCUT2D eigenvalue weighted by atomic mass is 10.2. The topological polar surface area (TPSA) is 84.7 Å². The van der Waals surface area contributed by atoms with E-state index < -0.39 is 4.92 Å². The number of nitrogens with one attached hydrogen (secondary N) is 1. The van der Waals surface area contributed by atoms with Crippen molar-refractivity contribution in [2.45, 2.75) is 26.1 Å². The normalized spacial score (nSPS) is 21.5. The van der Waals surface area contributed by atoms with Crippen LogP contribution in [0.25, 0.3) is 0 Å². The molecule has 1 aliphatic rings. The Hall–Kier alpha value is -1.86. The third kappa shape index (κ3) is 4.08. The fourth-order valence-corrected chi connectivity index (χ4v) is 2.62. The molecule has 0 spiro atoms. The fourth-order valence-electron chi connectivity index (χ4n) is 2.43. The number of hydrogen-bond acceptors (Lipinski definition) is 5. The molecule has 7 nitrogen and oxygen atoms in total. The maximum Gasteiger partial charge on any atom is 0.289 e. The van der Waals surface area contributed by atoms with Crippen LogP contribution in [-0.4, -0.2) is 47.6 Å². The molecule has 0 aliphatic carbocycles. The van der Waals surface area contributed by atoms with Gasteiger partial charge in [-0.05, 0) is 26.0 Å². The van der Waals surface area contributed by atoms with Crippen molar-refractivity contribution in [1.82, 2.24) is 4.90 Å². The van der Waals surface area contributed by atoms with Crippen LogP contribution in [0.15, 0.2) is 18.2 Å². The molecule has 0 aromatic heterocycles. The molecule has 2 rings (SSSR count). The Labute approximate surface area is 133 Å². The summed E-state index contributed by atoms with van der Waals surface area (Å²) in [5, 5.41) is 13.8. The van der Waals surface area contributed by atoms with Crippen LogP contribution in [0.2, 0.25) is 5.02 Å².